The van der Waals surface area contributed by atoms with Crippen LogP contribution in [0.25, 0.3) is 0 Å². The van der Waals surface area contributed by atoms with Crippen LogP contribution in [0.4, 0.5) is 0 Å². The summed E-state index contributed by atoms with van der Waals surface area (Å²) in [5, 5.41) is 27.6. The fourth-order valence-corrected chi connectivity index (χ4v) is 1.81. The predicted molar refractivity (Wildman–Crippen MR) is 69.9 cm³/mol. The second-order valence-corrected chi connectivity index (χ2v) is 4.24. The molecule has 0 saturated carbocycles. The zero-order valence-electron chi connectivity index (χ0n) is 11.2. The lowest BCUT2D eigenvalue weighted by Gasteiger charge is -2.13. The summed E-state index contributed by atoms with van der Waals surface area (Å²) in [7, 11) is 0. The van der Waals surface area contributed by atoms with Crippen LogP contribution in [-0.4, -0.2) is 33.9 Å². The van der Waals surface area contributed by atoms with E-state index in [2.05, 4.69) is 0 Å². The molecule has 1 aromatic carbocycles. The lowest BCUT2D eigenvalue weighted by Crippen LogP contribution is -2.13. The molecule has 0 spiro atoms. The van der Waals surface area contributed by atoms with Crippen molar-refractivity contribution in [2.75, 3.05) is 6.61 Å². The van der Waals surface area contributed by atoms with E-state index < -0.39 is 12.1 Å². The Hall–Kier alpha value is -1.92. The molecule has 1 aromatic rings. The van der Waals surface area contributed by atoms with Crippen molar-refractivity contribution >= 4 is 11.9 Å². The van der Waals surface area contributed by atoms with Crippen molar-refractivity contribution in [1.82, 2.24) is 0 Å². The summed E-state index contributed by atoms with van der Waals surface area (Å²) in [4.78, 5) is 22.1. The van der Waals surface area contributed by atoms with Gasteiger partial charge in [-0.25, -0.2) is 4.79 Å². The monoisotopic (exact) mass is 282 g/mol. The molecule has 1 atom stereocenters. The number of carbonyl (C=O) groups is 2. The molecular weight excluding hydrogens is 264 g/mol. The molecule has 110 valence electrons. The Labute approximate surface area is 116 Å². The molecule has 0 aliphatic carbocycles. The normalized spacial score (nSPS) is 11.9. The van der Waals surface area contributed by atoms with Gasteiger partial charge in [0.1, 0.15) is 0 Å². The zero-order valence-corrected chi connectivity index (χ0v) is 11.2. The van der Waals surface area contributed by atoms with Crippen LogP contribution in [-0.2, 0) is 27.4 Å². The van der Waals surface area contributed by atoms with Gasteiger partial charge >= 0.3 is 11.9 Å². The third-order valence-electron chi connectivity index (χ3n) is 2.83. The van der Waals surface area contributed by atoms with Crippen molar-refractivity contribution in [2.45, 2.75) is 32.5 Å². The standard InChI is InChI=1S/C14H18O6/c1-2-20-12(16)6-4-9-3-5-10(8-15)11(7-9)13(17)14(18)19/h3,5,7,13,15,17H,2,4,6,8H2,1H3,(H,18,19). The Morgan fingerprint density at radius 1 is 1.35 bits per heavy atom. The highest BCUT2D eigenvalue weighted by Gasteiger charge is 2.19. The number of aliphatic hydroxyl groups is 2. The Bertz CT molecular complexity index is 483. The Morgan fingerprint density at radius 3 is 2.60 bits per heavy atom. The van der Waals surface area contributed by atoms with Crippen LogP contribution in [0.1, 0.15) is 36.1 Å². The van der Waals surface area contributed by atoms with E-state index >= 15 is 0 Å². The van der Waals surface area contributed by atoms with Crippen molar-refractivity contribution in [2.24, 2.45) is 0 Å². The Morgan fingerprint density at radius 2 is 2.05 bits per heavy atom. The van der Waals surface area contributed by atoms with Gasteiger partial charge in [-0.2, -0.15) is 0 Å². The molecule has 0 aliphatic rings. The van der Waals surface area contributed by atoms with Crippen molar-refractivity contribution in [3.63, 3.8) is 0 Å². The van der Waals surface area contributed by atoms with Crippen molar-refractivity contribution < 1.29 is 29.6 Å². The minimum Gasteiger partial charge on any atom is -0.479 e. The van der Waals surface area contributed by atoms with E-state index in [1.165, 1.54) is 6.07 Å². The highest BCUT2D eigenvalue weighted by Crippen LogP contribution is 2.21. The van der Waals surface area contributed by atoms with E-state index in [0.717, 1.165) is 0 Å². The number of carboxylic acid groups (broad SMARTS) is 1. The highest BCUT2D eigenvalue weighted by molar-refractivity contribution is 5.74. The second-order valence-electron chi connectivity index (χ2n) is 4.24. The van der Waals surface area contributed by atoms with Gasteiger partial charge in [0.05, 0.1) is 13.2 Å². The van der Waals surface area contributed by atoms with Crippen molar-refractivity contribution in [3.8, 4) is 0 Å². The van der Waals surface area contributed by atoms with Crippen molar-refractivity contribution in [3.05, 3.63) is 34.9 Å². The Balaban J connectivity index is 2.87. The summed E-state index contributed by atoms with van der Waals surface area (Å²) in [6.45, 7) is 1.67. The molecule has 0 bridgehead atoms. The van der Waals surface area contributed by atoms with Gasteiger partial charge in [0, 0.05) is 6.42 Å². The highest BCUT2D eigenvalue weighted by atomic mass is 16.5. The quantitative estimate of drug-likeness (QED) is 0.639. The van der Waals surface area contributed by atoms with Crippen LogP contribution < -0.4 is 0 Å². The van der Waals surface area contributed by atoms with Crippen LogP contribution in [0.2, 0.25) is 0 Å². The van der Waals surface area contributed by atoms with Gasteiger partial charge in [0.2, 0.25) is 0 Å². The first kappa shape index (κ1) is 16.1. The van der Waals surface area contributed by atoms with E-state index in [9.17, 15) is 14.7 Å². The summed E-state index contributed by atoms with van der Waals surface area (Å²) in [6.07, 6.45) is -1.14. The van der Waals surface area contributed by atoms with Crippen LogP contribution >= 0.6 is 0 Å². The molecule has 1 rings (SSSR count). The molecule has 0 amide bonds. The third kappa shape index (κ3) is 4.32. The number of carbonyl (C=O) groups excluding carboxylic acids is 1. The average molecular weight is 282 g/mol. The number of esters is 1. The predicted octanol–water partition coefficient (Wildman–Crippen LogP) is 0.793. The number of aryl methyl sites for hydroxylation is 1. The van der Waals surface area contributed by atoms with Crippen molar-refractivity contribution in [1.29, 1.82) is 0 Å². The second kappa shape index (κ2) is 7.62. The molecule has 0 aliphatic heterocycles. The largest absolute Gasteiger partial charge is 0.479 e. The summed E-state index contributed by atoms with van der Waals surface area (Å²) in [5.41, 5.74) is 1.19. The molecule has 0 saturated heterocycles. The first-order valence-electron chi connectivity index (χ1n) is 6.28. The first-order valence-corrected chi connectivity index (χ1v) is 6.28. The molecule has 6 heteroatoms. The van der Waals surface area contributed by atoms with E-state index in [1.807, 2.05) is 0 Å². The van der Waals surface area contributed by atoms with Gasteiger partial charge in [-0.1, -0.05) is 18.2 Å². The minimum absolute atomic E-state index is 0.140. The number of rotatable bonds is 7. The number of hydrogen-bond donors (Lipinski definition) is 3. The fourth-order valence-electron chi connectivity index (χ4n) is 1.81. The van der Waals surface area contributed by atoms with Crippen LogP contribution in [0.3, 0.4) is 0 Å². The average Bonchev–Trinajstić information content (AvgIpc) is 2.44. The molecule has 1 unspecified atom stereocenters. The fraction of sp³-hybridized carbons (Fsp3) is 0.429. The molecular formula is C14H18O6. The molecule has 0 radical (unpaired) electrons. The van der Waals surface area contributed by atoms with E-state index in [-0.39, 0.29) is 24.6 Å². The molecule has 6 nitrogen and oxygen atoms in total. The molecule has 0 fully saturated rings. The zero-order chi connectivity index (χ0) is 15.1. The van der Waals surface area contributed by atoms with Gasteiger partial charge in [0.25, 0.3) is 0 Å². The van der Waals surface area contributed by atoms with Gasteiger partial charge in [0.15, 0.2) is 6.10 Å². The number of hydrogen-bond acceptors (Lipinski definition) is 5. The molecule has 0 aromatic heterocycles. The summed E-state index contributed by atoms with van der Waals surface area (Å²) < 4.78 is 4.80. The van der Waals surface area contributed by atoms with Gasteiger partial charge in [-0.05, 0) is 30.0 Å². The smallest absolute Gasteiger partial charge is 0.337 e. The maximum absolute atomic E-state index is 11.3. The SMILES string of the molecule is CCOC(=O)CCc1ccc(CO)c(C(O)C(=O)O)c1. The van der Waals surface area contributed by atoms with E-state index in [0.29, 0.717) is 24.2 Å². The van der Waals surface area contributed by atoms with E-state index in [4.69, 9.17) is 14.9 Å². The van der Waals surface area contributed by atoms with Gasteiger partial charge < -0.3 is 20.1 Å². The van der Waals surface area contributed by atoms with Crippen LogP contribution in [0, 0.1) is 0 Å². The summed E-state index contributed by atoms with van der Waals surface area (Å²) in [6, 6.07) is 4.72. The number of aliphatic carboxylic acids is 1. The third-order valence-corrected chi connectivity index (χ3v) is 2.83. The first-order chi connectivity index (χ1) is 9.49. The minimum atomic E-state index is -1.69. The lowest BCUT2D eigenvalue weighted by molar-refractivity contribution is -0.147. The number of aliphatic hydroxyl groups excluding tert-OH is 2. The van der Waals surface area contributed by atoms with E-state index in [1.54, 1.807) is 19.1 Å². The maximum atomic E-state index is 11.3. The lowest BCUT2D eigenvalue weighted by atomic mass is 9.98. The molecule has 3 N–H and O–H groups in total. The van der Waals surface area contributed by atoms with Crippen LogP contribution in [0.5, 0.6) is 0 Å². The summed E-state index contributed by atoms with van der Waals surface area (Å²) in [5.74, 6) is -1.72. The van der Waals surface area contributed by atoms with Gasteiger partial charge in [-0.15, -0.1) is 0 Å². The van der Waals surface area contributed by atoms with Crippen LogP contribution in [0.15, 0.2) is 18.2 Å². The number of benzene rings is 1. The maximum Gasteiger partial charge on any atom is 0.337 e. The number of carboxylic acids is 1. The molecule has 0 heterocycles. The van der Waals surface area contributed by atoms with Gasteiger partial charge in [-0.3, -0.25) is 4.79 Å². The summed E-state index contributed by atoms with van der Waals surface area (Å²) >= 11 is 0. The number of ether oxygens (including phenoxy) is 1. The molecule has 20 heavy (non-hydrogen) atoms. The Kier molecular flexibility index (Phi) is 6.14. The topological polar surface area (TPSA) is 104 Å².